The van der Waals surface area contributed by atoms with Crippen molar-refractivity contribution >= 4 is 27.4 Å². The molecule has 0 bridgehead atoms. The number of benzene rings is 1. The largest absolute Gasteiger partial charge is 0.281 e. The van der Waals surface area contributed by atoms with Gasteiger partial charge in [0.25, 0.3) is 15.7 Å². The number of aromatic nitrogens is 2. The van der Waals surface area contributed by atoms with Crippen LogP contribution in [0.4, 0.5) is 10.1 Å². The topological polar surface area (TPSA) is 134 Å². The zero-order chi connectivity index (χ0) is 20.5. The fourth-order valence-electron chi connectivity index (χ4n) is 2.32. The molecule has 0 aliphatic rings. The maximum absolute atomic E-state index is 14.0. The molecule has 142 valence electrons. The first-order valence-electron chi connectivity index (χ1n) is 7.58. The Bertz CT molecular complexity index is 1260. The predicted molar refractivity (Wildman–Crippen MR) is 95.5 cm³/mol. The number of nitriles is 1. The highest BCUT2D eigenvalue weighted by molar-refractivity contribution is 7.89. The van der Waals surface area contributed by atoms with Crippen LogP contribution in [0.3, 0.4) is 0 Å². The lowest BCUT2D eigenvalue weighted by atomic mass is 10.2. The molecule has 0 aliphatic carbocycles. The minimum Gasteiger partial charge on any atom is -0.258 e. The number of hydrogen-bond acceptors (Lipinski definition) is 7. The Labute approximate surface area is 157 Å². The van der Waals surface area contributed by atoms with Gasteiger partial charge in [0.15, 0.2) is 0 Å². The van der Waals surface area contributed by atoms with Gasteiger partial charge in [0.1, 0.15) is 10.7 Å². The SMILES string of the molecule is CN(/N=C/c1cnn2ccc(C#N)cc12)S(=O)(=O)c1cc([N+](=O)[O-])ccc1F. The lowest BCUT2D eigenvalue weighted by molar-refractivity contribution is -0.385. The van der Waals surface area contributed by atoms with Crippen molar-refractivity contribution in [3.05, 3.63) is 69.8 Å². The van der Waals surface area contributed by atoms with E-state index in [1.165, 1.54) is 16.9 Å². The molecule has 3 aromatic rings. The number of nitrogens with zero attached hydrogens (tertiary/aromatic N) is 6. The number of hydrogen-bond donors (Lipinski definition) is 0. The van der Waals surface area contributed by atoms with Gasteiger partial charge in [0.05, 0.1) is 34.5 Å². The summed E-state index contributed by atoms with van der Waals surface area (Å²) in [4.78, 5) is 9.14. The molecule has 10 nitrogen and oxygen atoms in total. The normalized spacial score (nSPS) is 11.6. The lowest BCUT2D eigenvalue weighted by Gasteiger charge is -2.13. The number of halogens is 1. The second-order valence-corrected chi connectivity index (χ2v) is 7.43. The second-order valence-electron chi connectivity index (χ2n) is 5.51. The smallest absolute Gasteiger partial charge is 0.258 e. The van der Waals surface area contributed by atoms with Crippen LogP contribution >= 0.6 is 0 Å². The van der Waals surface area contributed by atoms with Crippen LogP contribution in [0.5, 0.6) is 0 Å². The van der Waals surface area contributed by atoms with E-state index in [0.29, 0.717) is 33.2 Å². The van der Waals surface area contributed by atoms with Gasteiger partial charge < -0.3 is 0 Å². The summed E-state index contributed by atoms with van der Waals surface area (Å²) >= 11 is 0. The highest BCUT2D eigenvalue weighted by Gasteiger charge is 2.26. The van der Waals surface area contributed by atoms with Crippen LogP contribution in [0.25, 0.3) is 5.52 Å². The van der Waals surface area contributed by atoms with Gasteiger partial charge in [-0.1, -0.05) is 0 Å². The van der Waals surface area contributed by atoms with Crippen LogP contribution < -0.4 is 0 Å². The zero-order valence-corrected chi connectivity index (χ0v) is 15.0. The summed E-state index contributed by atoms with van der Waals surface area (Å²) < 4.78 is 41.0. The molecule has 12 heteroatoms. The van der Waals surface area contributed by atoms with E-state index in [2.05, 4.69) is 10.2 Å². The van der Waals surface area contributed by atoms with Crippen molar-refractivity contribution in [3.63, 3.8) is 0 Å². The van der Waals surface area contributed by atoms with E-state index in [0.717, 1.165) is 13.1 Å². The molecule has 0 radical (unpaired) electrons. The molecule has 0 spiro atoms. The van der Waals surface area contributed by atoms with E-state index in [1.54, 1.807) is 18.3 Å². The van der Waals surface area contributed by atoms with Crippen LogP contribution in [0.1, 0.15) is 11.1 Å². The predicted octanol–water partition coefficient (Wildman–Crippen LogP) is 1.91. The summed E-state index contributed by atoms with van der Waals surface area (Å²) in [6, 6.07) is 7.28. The first-order valence-corrected chi connectivity index (χ1v) is 9.02. The number of nitro benzene ring substituents is 1. The van der Waals surface area contributed by atoms with Crippen LogP contribution in [0.2, 0.25) is 0 Å². The fraction of sp³-hybridized carbons (Fsp3) is 0.0625. The molecule has 2 aromatic heterocycles. The van der Waals surface area contributed by atoms with Crippen molar-refractivity contribution in [2.75, 3.05) is 7.05 Å². The molecular formula is C16H11FN6O4S. The molecule has 0 N–H and O–H groups in total. The van der Waals surface area contributed by atoms with Gasteiger partial charge in [-0.15, -0.1) is 0 Å². The van der Waals surface area contributed by atoms with Crippen LogP contribution in [0, 0.1) is 27.3 Å². The van der Waals surface area contributed by atoms with Crippen molar-refractivity contribution in [3.8, 4) is 6.07 Å². The Morgan fingerprint density at radius 3 is 2.82 bits per heavy atom. The number of rotatable bonds is 5. The Hall–Kier alpha value is -3.85. The minimum absolute atomic E-state index is 0.377. The lowest BCUT2D eigenvalue weighted by Crippen LogP contribution is -2.23. The Balaban J connectivity index is 1.96. The second kappa shape index (κ2) is 7.05. The number of sulfonamides is 1. The number of non-ortho nitro benzene ring substituents is 1. The van der Waals surface area contributed by atoms with Gasteiger partial charge in [-0.2, -0.15) is 28.3 Å². The average molecular weight is 402 g/mol. The third-order valence-electron chi connectivity index (χ3n) is 3.79. The molecule has 1 aromatic carbocycles. The first kappa shape index (κ1) is 18.9. The molecular weight excluding hydrogens is 391 g/mol. The fourth-order valence-corrected chi connectivity index (χ4v) is 3.36. The van der Waals surface area contributed by atoms with Crippen molar-refractivity contribution in [2.45, 2.75) is 4.90 Å². The monoisotopic (exact) mass is 402 g/mol. The molecule has 0 fully saturated rings. The summed E-state index contributed by atoms with van der Waals surface area (Å²) in [5.74, 6) is -1.14. The molecule has 0 unspecified atom stereocenters. The van der Waals surface area contributed by atoms with E-state index in [1.807, 2.05) is 6.07 Å². The molecule has 3 rings (SSSR count). The van der Waals surface area contributed by atoms with Crippen LogP contribution in [-0.2, 0) is 10.0 Å². The number of nitro groups is 1. The summed E-state index contributed by atoms with van der Waals surface area (Å²) in [6.45, 7) is 0. The van der Waals surface area contributed by atoms with E-state index in [9.17, 15) is 22.9 Å². The highest BCUT2D eigenvalue weighted by Crippen LogP contribution is 2.24. The molecule has 28 heavy (non-hydrogen) atoms. The van der Waals surface area contributed by atoms with Gasteiger partial charge in [0.2, 0.25) is 0 Å². The summed E-state index contributed by atoms with van der Waals surface area (Å²) in [5, 5.41) is 27.6. The van der Waals surface area contributed by atoms with E-state index < -0.39 is 31.3 Å². The maximum atomic E-state index is 14.0. The third-order valence-corrected chi connectivity index (χ3v) is 5.45. The number of pyridine rings is 1. The maximum Gasteiger partial charge on any atom is 0.281 e. The minimum atomic E-state index is -4.47. The molecule has 0 saturated heterocycles. The quantitative estimate of drug-likeness (QED) is 0.363. The van der Waals surface area contributed by atoms with E-state index >= 15 is 0 Å². The zero-order valence-electron chi connectivity index (χ0n) is 14.2. The van der Waals surface area contributed by atoms with Crippen molar-refractivity contribution < 1.29 is 17.7 Å². The van der Waals surface area contributed by atoms with Gasteiger partial charge >= 0.3 is 0 Å². The summed E-state index contributed by atoms with van der Waals surface area (Å²) in [6.07, 6.45) is 4.15. The van der Waals surface area contributed by atoms with Gasteiger partial charge in [-0.05, 0) is 18.2 Å². The van der Waals surface area contributed by atoms with Gasteiger partial charge in [-0.25, -0.2) is 8.91 Å². The first-order chi connectivity index (χ1) is 13.2. The van der Waals surface area contributed by atoms with E-state index in [4.69, 9.17) is 5.26 Å². The van der Waals surface area contributed by atoms with Gasteiger partial charge in [-0.3, -0.25) is 10.1 Å². The van der Waals surface area contributed by atoms with Crippen molar-refractivity contribution in [2.24, 2.45) is 5.10 Å². The number of fused-ring (bicyclic) bond motifs is 1. The summed E-state index contributed by atoms with van der Waals surface area (Å²) in [7, 11) is -3.40. The molecule has 0 atom stereocenters. The summed E-state index contributed by atoms with van der Waals surface area (Å²) in [5.41, 5.74) is 0.736. The molecule has 0 saturated carbocycles. The van der Waals surface area contributed by atoms with Gasteiger partial charge in [0, 0.05) is 30.9 Å². The Morgan fingerprint density at radius 2 is 2.14 bits per heavy atom. The van der Waals surface area contributed by atoms with Crippen molar-refractivity contribution in [1.29, 1.82) is 5.26 Å². The Kier molecular flexibility index (Phi) is 4.76. The third kappa shape index (κ3) is 3.38. The average Bonchev–Trinajstić information content (AvgIpc) is 3.08. The molecule has 2 heterocycles. The molecule has 0 amide bonds. The van der Waals surface area contributed by atoms with Crippen LogP contribution in [0.15, 0.2) is 52.7 Å². The standard InChI is InChI=1S/C16H11FN6O4S/c1-21(28(26,27)16-7-13(23(24)25)2-3-14(16)17)19-9-12-10-20-22-5-4-11(8-18)6-15(12)22/h2-7,9-10H,1H3/b19-9+. The Morgan fingerprint density at radius 1 is 1.39 bits per heavy atom. The van der Waals surface area contributed by atoms with Crippen LogP contribution in [-0.4, -0.2) is 40.6 Å². The highest BCUT2D eigenvalue weighted by atomic mass is 32.2. The molecule has 0 aliphatic heterocycles. The number of hydrazone groups is 1. The van der Waals surface area contributed by atoms with Crippen molar-refractivity contribution in [1.82, 2.24) is 14.0 Å². The van der Waals surface area contributed by atoms with E-state index in [-0.39, 0.29) is 0 Å².